The van der Waals surface area contributed by atoms with Gasteiger partial charge in [0.15, 0.2) is 0 Å². The van der Waals surface area contributed by atoms with Crippen molar-refractivity contribution < 1.29 is 9.53 Å². The van der Waals surface area contributed by atoms with Crippen LogP contribution < -0.4 is 0 Å². The van der Waals surface area contributed by atoms with Crippen LogP contribution in [-0.2, 0) is 4.74 Å². The molecule has 1 atom stereocenters. The van der Waals surface area contributed by atoms with E-state index in [4.69, 9.17) is 4.74 Å². The average molecular weight is 255 g/mol. The molecule has 19 heavy (non-hydrogen) atoms. The molecule has 1 aromatic heterocycles. The first-order chi connectivity index (χ1) is 9.34. The van der Waals surface area contributed by atoms with Crippen molar-refractivity contribution in [1.29, 1.82) is 0 Å². The van der Waals surface area contributed by atoms with Crippen LogP contribution in [0.15, 0.2) is 48.9 Å². The predicted octanol–water partition coefficient (Wildman–Crippen LogP) is 1.65. The van der Waals surface area contributed by atoms with Crippen molar-refractivity contribution in [1.82, 2.24) is 14.9 Å². The van der Waals surface area contributed by atoms with Crippen LogP contribution >= 0.6 is 0 Å². The lowest BCUT2D eigenvalue weighted by Crippen LogP contribution is -2.29. The van der Waals surface area contributed by atoms with Gasteiger partial charge < -0.3 is 9.64 Å². The molecule has 0 radical (unpaired) electrons. The predicted molar refractivity (Wildman–Crippen MR) is 68.2 cm³/mol. The second-order valence-corrected chi connectivity index (χ2v) is 4.31. The van der Waals surface area contributed by atoms with Crippen molar-refractivity contribution in [3.05, 3.63) is 60.2 Å². The molecule has 0 spiro atoms. The van der Waals surface area contributed by atoms with E-state index in [0.717, 1.165) is 5.56 Å². The number of amides is 1. The van der Waals surface area contributed by atoms with Crippen LogP contribution in [-0.4, -0.2) is 34.1 Å². The Labute approximate surface area is 110 Å². The third-order valence-corrected chi connectivity index (χ3v) is 3.06. The van der Waals surface area contributed by atoms with Gasteiger partial charge in [0.05, 0.1) is 12.7 Å². The highest BCUT2D eigenvalue weighted by molar-refractivity contribution is 5.92. The lowest BCUT2D eigenvalue weighted by molar-refractivity contribution is 0.0625. The summed E-state index contributed by atoms with van der Waals surface area (Å²) in [7, 11) is 0. The second-order valence-electron chi connectivity index (χ2n) is 4.31. The number of benzene rings is 1. The third kappa shape index (κ3) is 2.46. The molecule has 2 aromatic rings. The highest BCUT2D eigenvalue weighted by Crippen LogP contribution is 2.24. The molecule has 5 nitrogen and oxygen atoms in total. The van der Waals surface area contributed by atoms with Crippen LogP contribution in [0.3, 0.4) is 0 Å². The van der Waals surface area contributed by atoms with E-state index in [2.05, 4.69) is 9.97 Å². The lowest BCUT2D eigenvalue weighted by atomic mass is 10.1. The minimum absolute atomic E-state index is 0.0678. The summed E-state index contributed by atoms with van der Waals surface area (Å²) in [6.07, 6.45) is 4.46. The fraction of sp³-hybridized carbons (Fsp3) is 0.214. The van der Waals surface area contributed by atoms with Crippen molar-refractivity contribution in [3.8, 4) is 0 Å². The maximum atomic E-state index is 12.2. The topological polar surface area (TPSA) is 55.3 Å². The van der Waals surface area contributed by atoms with E-state index in [1.54, 1.807) is 11.1 Å². The van der Waals surface area contributed by atoms with E-state index in [-0.39, 0.29) is 18.7 Å². The van der Waals surface area contributed by atoms with Crippen LogP contribution in [0.1, 0.15) is 22.2 Å². The zero-order chi connectivity index (χ0) is 13.1. The smallest absolute Gasteiger partial charge is 0.275 e. The summed E-state index contributed by atoms with van der Waals surface area (Å²) < 4.78 is 5.65. The fourth-order valence-corrected chi connectivity index (χ4v) is 2.07. The van der Waals surface area contributed by atoms with E-state index >= 15 is 0 Å². The standard InChI is InChI=1S/C14H13N3O2/c18-14(12-8-15-6-7-16-12)17-9-13(19-10-17)11-4-2-1-3-5-11/h1-8,13H,9-10H2. The van der Waals surface area contributed by atoms with Gasteiger partial charge in [-0.05, 0) is 5.56 Å². The summed E-state index contributed by atoms with van der Waals surface area (Å²) in [5.41, 5.74) is 1.43. The molecule has 3 rings (SSSR count). The molecule has 1 amide bonds. The van der Waals surface area contributed by atoms with Gasteiger partial charge in [0.2, 0.25) is 0 Å². The first kappa shape index (κ1) is 11.8. The Morgan fingerprint density at radius 2 is 2.11 bits per heavy atom. The maximum Gasteiger partial charge on any atom is 0.275 e. The van der Waals surface area contributed by atoms with E-state index in [0.29, 0.717) is 12.2 Å². The van der Waals surface area contributed by atoms with Gasteiger partial charge in [-0.2, -0.15) is 0 Å². The number of hydrogen-bond acceptors (Lipinski definition) is 4. The molecule has 0 saturated carbocycles. The van der Waals surface area contributed by atoms with Crippen molar-refractivity contribution >= 4 is 5.91 Å². The van der Waals surface area contributed by atoms with Crippen LogP contribution in [0.25, 0.3) is 0 Å². The van der Waals surface area contributed by atoms with Crippen LogP contribution in [0.2, 0.25) is 0 Å². The molecule has 1 fully saturated rings. The van der Waals surface area contributed by atoms with Crippen LogP contribution in [0, 0.1) is 0 Å². The van der Waals surface area contributed by atoms with Crippen molar-refractivity contribution in [3.63, 3.8) is 0 Å². The molecule has 1 aliphatic rings. The quantitative estimate of drug-likeness (QED) is 0.818. The molecule has 0 N–H and O–H groups in total. The van der Waals surface area contributed by atoms with Gasteiger partial charge in [0, 0.05) is 12.4 Å². The summed E-state index contributed by atoms with van der Waals surface area (Å²) in [5, 5.41) is 0. The molecule has 1 aromatic carbocycles. The summed E-state index contributed by atoms with van der Waals surface area (Å²) in [4.78, 5) is 21.7. The number of rotatable bonds is 2. The molecule has 1 unspecified atom stereocenters. The SMILES string of the molecule is O=C(c1cnccn1)N1COC(c2ccccc2)C1. The largest absolute Gasteiger partial charge is 0.351 e. The van der Waals surface area contributed by atoms with Gasteiger partial charge in [-0.1, -0.05) is 30.3 Å². The van der Waals surface area contributed by atoms with E-state index in [1.165, 1.54) is 12.4 Å². The first-order valence-electron chi connectivity index (χ1n) is 6.06. The zero-order valence-corrected chi connectivity index (χ0v) is 10.3. The lowest BCUT2D eigenvalue weighted by Gasteiger charge is -2.13. The molecule has 2 heterocycles. The molecule has 0 aliphatic carbocycles. The summed E-state index contributed by atoms with van der Waals surface area (Å²) in [6, 6.07) is 9.89. The Balaban J connectivity index is 1.71. The normalized spacial score (nSPS) is 18.5. The molecule has 5 heteroatoms. The van der Waals surface area contributed by atoms with E-state index < -0.39 is 0 Å². The van der Waals surface area contributed by atoms with Gasteiger partial charge in [-0.25, -0.2) is 4.98 Å². The highest BCUT2D eigenvalue weighted by atomic mass is 16.5. The van der Waals surface area contributed by atoms with Gasteiger partial charge in [0.25, 0.3) is 5.91 Å². The average Bonchev–Trinajstić information content (AvgIpc) is 2.98. The monoisotopic (exact) mass is 255 g/mol. The number of ether oxygens (including phenoxy) is 1. The van der Waals surface area contributed by atoms with E-state index in [1.807, 2.05) is 30.3 Å². The first-order valence-corrected chi connectivity index (χ1v) is 6.06. The molecular formula is C14H13N3O2. The third-order valence-electron chi connectivity index (χ3n) is 3.06. The van der Waals surface area contributed by atoms with Crippen molar-refractivity contribution in [2.45, 2.75) is 6.10 Å². The Hall–Kier alpha value is -2.27. The molecular weight excluding hydrogens is 242 g/mol. The minimum Gasteiger partial charge on any atom is -0.351 e. The van der Waals surface area contributed by atoms with Gasteiger partial charge in [-0.3, -0.25) is 9.78 Å². The number of nitrogens with zero attached hydrogens (tertiary/aromatic N) is 3. The number of carbonyl (C=O) groups excluding carboxylic acids is 1. The maximum absolute atomic E-state index is 12.2. The fourth-order valence-electron chi connectivity index (χ4n) is 2.07. The molecule has 1 aliphatic heterocycles. The molecule has 96 valence electrons. The second kappa shape index (κ2) is 5.16. The number of carbonyl (C=O) groups is 1. The summed E-state index contributed by atoms with van der Waals surface area (Å²) in [6.45, 7) is 0.828. The Bertz CT molecular complexity index is 559. The highest BCUT2D eigenvalue weighted by Gasteiger charge is 2.29. The summed E-state index contributed by atoms with van der Waals surface area (Å²) >= 11 is 0. The van der Waals surface area contributed by atoms with Crippen LogP contribution in [0.4, 0.5) is 0 Å². The zero-order valence-electron chi connectivity index (χ0n) is 10.3. The van der Waals surface area contributed by atoms with Gasteiger partial charge >= 0.3 is 0 Å². The minimum atomic E-state index is -0.147. The Kier molecular flexibility index (Phi) is 3.20. The molecule has 1 saturated heterocycles. The summed E-state index contributed by atoms with van der Waals surface area (Å²) in [5.74, 6) is -0.147. The molecule has 0 bridgehead atoms. The Morgan fingerprint density at radius 3 is 2.84 bits per heavy atom. The number of aromatic nitrogens is 2. The van der Waals surface area contributed by atoms with Gasteiger partial charge in [0.1, 0.15) is 18.5 Å². The van der Waals surface area contributed by atoms with Crippen LogP contribution in [0.5, 0.6) is 0 Å². The van der Waals surface area contributed by atoms with Crippen molar-refractivity contribution in [2.75, 3.05) is 13.3 Å². The van der Waals surface area contributed by atoms with Gasteiger partial charge in [-0.15, -0.1) is 0 Å². The van der Waals surface area contributed by atoms with Crippen molar-refractivity contribution in [2.24, 2.45) is 0 Å². The van der Waals surface area contributed by atoms with E-state index in [9.17, 15) is 4.79 Å². The Morgan fingerprint density at radius 1 is 1.26 bits per heavy atom. The number of hydrogen-bond donors (Lipinski definition) is 0.